The summed E-state index contributed by atoms with van der Waals surface area (Å²) in [6.07, 6.45) is 0. The van der Waals surface area contributed by atoms with Crippen LogP contribution in [-0.2, 0) is 4.74 Å². The Labute approximate surface area is 171 Å². The van der Waals surface area contributed by atoms with Crippen molar-refractivity contribution in [3.8, 4) is 11.3 Å². The maximum Gasteiger partial charge on any atom is 0.341 e. The van der Waals surface area contributed by atoms with E-state index in [0.29, 0.717) is 27.5 Å². The fourth-order valence-electron chi connectivity index (χ4n) is 3.12. The predicted molar refractivity (Wildman–Crippen MR) is 115 cm³/mol. The van der Waals surface area contributed by atoms with Gasteiger partial charge in [0.05, 0.1) is 6.61 Å². The average Bonchev–Trinajstić information content (AvgIpc) is 3.33. The molecule has 146 valence electrons. The van der Waals surface area contributed by atoms with Crippen LogP contribution in [0.25, 0.3) is 22.1 Å². The van der Waals surface area contributed by atoms with Crippen molar-refractivity contribution in [3.63, 3.8) is 0 Å². The Morgan fingerprint density at radius 1 is 1.07 bits per heavy atom. The third kappa shape index (κ3) is 3.79. The molecule has 2 heterocycles. The van der Waals surface area contributed by atoms with E-state index in [9.17, 15) is 9.59 Å². The van der Waals surface area contributed by atoms with Crippen molar-refractivity contribution in [3.05, 3.63) is 76.9 Å². The van der Waals surface area contributed by atoms with E-state index < -0.39 is 5.97 Å². The van der Waals surface area contributed by atoms with Gasteiger partial charge in [-0.15, -0.1) is 11.3 Å². The van der Waals surface area contributed by atoms with Gasteiger partial charge >= 0.3 is 5.97 Å². The highest BCUT2D eigenvalue weighted by Gasteiger charge is 2.24. The standard InChI is InChI=1S/C23H19NO4S/c1-3-27-23(26)20-18(19-11-8-14(2)28-19)13-29-22(20)24-21(25)17-10-9-15-6-4-5-7-16(15)12-17/h4-13H,3H2,1-2H3,(H,24,25). The first-order valence-electron chi connectivity index (χ1n) is 9.22. The van der Waals surface area contributed by atoms with Gasteiger partial charge in [0.15, 0.2) is 0 Å². The number of amides is 1. The van der Waals surface area contributed by atoms with Crippen LogP contribution in [0.2, 0.25) is 0 Å². The number of hydrogen-bond donors (Lipinski definition) is 1. The largest absolute Gasteiger partial charge is 0.462 e. The number of fused-ring (bicyclic) bond motifs is 1. The molecule has 6 heteroatoms. The number of rotatable bonds is 5. The molecule has 0 saturated carbocycles. The van der Waals surface area contributed by atoms with Crippen molar-refractivity contribution < 1.29 is 18.7 Å². The average molecular weight is 405 g/mol. The number of furan rings is 1. The molecule has 0 bridgehead atoms. The number of thiophene rings is 1. The van der Waals surface area contributed by atoms with Crippen molar-refractivity contribution in [1.29, 1.82) is 0 Å². The van der Waals surface area contributed by atoms with Crippen LogP contribution in [0, 0.1) is 6.92 Å². The molecule has 0 radical (unpaired) electrons. The molecule has 1 amide bonds. The fourth-order valence-corrected chi connectivity index (χ4v) is 4.05. The molecule has 0 saturated heterocycles. The van der Waals surface area contributed by atoms with Crippen LogP contribution in [0.15, 0.2) is 64.4 Å². The van der Waals surface area contributed by atoms with Gasteiger partial charge in [0.2, 0.25) is 0 Å². The smallest absolute Gasteiger partial charge is 0.341 e. The minimum atomic E-state index is -0.494. The van der Waals surface area contributed by atoms with Gasteiger partial charge in [-0.1, -0.05) is 30.3 Å². The summed E-state index contributed by atoms with van der Waals surface area (Å²) in [7, 11) is 0. The van der Waals surface area contributed by atoms with E-state index in [-0.39, 0.29) is 12.5 Å². The first-order chi connectivity index (χ1) is 14.1. The molecule has 0 aliphatic heterocycles. The Morgan fingerprint density at radius 2 is 1.86 bits per heavy atom. The van der Waals surface area contributed by atoms with E-state index in [1.54, 1.807) is 24.4 Å². The summed E-state index contributed by atoms with van der Waals surface area (Å²) in [6.45, 7) is 3.82. The Kier molecular flexibility index (Phi) is 5.18. The quantitative estimate of drug-likeness (QED) is 0.420. The summed E-state index contributed by atoms with van der Waals surface area (Å²) >= 11 is 1.27. The molecule has 29 heavy (non-hydrogen) atoms. The van der Waals surface area contributed by atoms with Crippen LogP contribution >= 0.6 is 11.3 Å². The zero-order valence-corrected chi connectivity index (χ0v) is 16.8. The maximum atomic E-state index is 12.9. The fraction of sp³-hybridized carbons (Fsp3) is 0.130. The molecule has 5 nitrogen and oxygen atoms in total. The highest BCUT2D eigenvalue weighted by atomic mass is 32.1. The minimum Gasteiger partial charge on any atom is -0.462 e. The monoisotopic (exact) mass is 405 g/mol. The molecule has 0 aliphatic carbocycles. The maximum absolute atomic E-state index is 12.9. The molecule has 0 fully saturated rings. The number of nitrogens with one attached hydrogen (secondary N) is 1. The lowest BCUT2D eigenvalue weighted by Crippen LogP contribution is -2.14. The van der Waals surface area contributed by atoms with E-state index in [0.717, 1.165) is 16.5 Å². The van der Waals surface area contributed by atoms with Crippen molar-refractivity contribution >= 4 is 39.0 Å². The Bertz CT molecular complexity index is 1200. The lowest BCUT2D eigenvalue weighted by Gasteiger charge is -2.08. The SMILES string of the molecule is CCOC(=O)c1c(-c2ccc(C)o2)csc1NC(=O)c1ccc2ccccc2c1. The van der Waals surface area contributed by atoms with Crippen molar-refractivity contribution in [2.75, 3.05) is 11.9 Å². The third-order valence-corrected chi connectivity index (χ3v) is 5.41. The normalized spacial score (nSPS) is 10.8. The molecular weight excluding hydrogens is 386 g/mol. The molecule has 0 spiro atoms. The Hall–Kier alpha value is -3.38. The summed E-state index contributed by atoms with van der Waals surface area (Å²) in [5.74, 6) is 0.521. The van der Waals surface area contributed by atoms with Crippen LogP contribution in [0.5, 0.6) is 0 Å². The van der Waals surface area contributed by atoms with Crippen molar-refractivity contribution in [2.24, 2.45) is 0 Å². The number of aryl methyl sites for hydroxylation is 1. The number of ether oxygens (including phenoxy) is 1. The van der Waals surface area contributed by atoms with Gasteiger partial charge in [0.1, 0.15) is 22.1 Å². The summed E-state index contributed by atoms with van der Waals surface area (Å²) in [5, 5.41) is 7.13. The first-order valence-corrected chi connectivity index (χ1v) is 10.1. The summed E-state index contributed by atoms with van der Waals surface area (Å²) in [6, 6.07) is 17.0. The number of carbonyl (C=O) groups excluding carboxylic acids is 2. The zero-order chi connectivity index (χ0) is 20.4. The number of benzene rings is 2. The lowest BCUT2D eigenvalue weighted by atomic mass is 10.1. The van der Waals surface area contributed by atoms with Gasteiger partial charge in [-0.05, 0) is 48.9 Å². The van der Waals surface area contributed by atoms with Gasteiger partial charge < -0.3 is 14.5 Å². The highest BCUT2D eigenvalue weighted by molar-refractivity contribution is 7.15. The number of carbonyl (C=O) groups is 2. The Morgan fingerprint density at radius 3 is 2.59 bits per heavy atom. The van der Waals surface area contributed by atoms with Gasteiger partial charge in [0, 0.05) is 16.5 Å². The van der Waals surface area contributed by atoms with Crippen molar-refractivity contribution in [1.82, 2.24) is 0 Å². The second-order valence-electron chi connectivity index (χ2n) is 6.50. The number of esters is 1. The molecule has 2 aromatic carbocycles. The van der Waals surface area contributed by atoms with Crippen LogP contribution in [0.1, 0.15) is 33.4 Å². The summed E-state index contributed by atoms with van der Waals surface area (Å²) in [4.78, 5) is 25.5. The van der Waals surface area contributed by atoms with E-state index in [1.807, 2.05) is 49.4 Å². The molecule has 0 atom stereocenters. The van der Waals surface area contributed by atoms with Crippen LogP contribution in [-0.4, -0.2) is 18.5 Å². The van der Waals surface area contributed by atoms with E-state index >= 15 is 0 Å². The molecule has 4 rings (SSSR count). The van der Waals surface area contributed by atoms with Gasteiger partial charge in [-0.2, -0.15) is 0 Å². The summed E-state index contributed by atoms with van der Waals surface area (Å²) in [5.41, 5.74) is 1.43. The Balaban J connectivity index is 1.69. The highest BCUT2D eigenvalue weighted by Crippen LogP contribution is 2.37. The molecule has 2 aromatic heterocycles. The second kappa shape index (κ2) is 7.93. The van der Waals surface area contributed by atoms with Gasteiger partial charge in [0.25, 0.3) is 5.91 Å². The van der Waals surface area contributed by atoms with E-state index in [2.05, 4.69) is 5.32 Å². The number of hydrogen-bond acceptors (Lipinski definition) is 5. The van der Waals surface area contributed by atoms with Crippen LogP contribution in [0.3, 0.4) is 0 Å². The lowest BCUT2D eigenvalue weighted by molar-refractivity contribution is 0.0528. The first kappa shape index (κ1) is 19.0. The predicted octanol–water partition coefficient (Wildman–Crippen LogP) is 5.90. The zero-order valence-electron chi connectivity index (χ0n) is 16.0. The van der Waals surface area contributed by atoms with Crippen LogP contribution in [0.4, 0.5) is 5.00 Å². The molecule has 1 N–H and O–H groups in total. The molecular formula is C23H19NO4S. The topological polar surface area (TPSA) is 68.5 Å². The molecule has 4 aromatic rings. The van der Waals surface area contributed by atoms with E-state index in [4.69, 9.17) is 9.15 Å². The summed E-state index contributed by atoms with van der Waals surface area (Å²) < 4.78 is 10.9. The van der Waals surface area contributed by atoms with Crippen molar-refractivity contribution in [2.45, 2.75) is 13.8 Å². The van der Waals surface area contributed by atoms with Crippen LogP contribution < -0.4 is 5.32 Å². The number of anilines is 1. The molecule has 0 aliphatic rings. The van der Waals surface area contributed by atoms with E-state index in [1.165, 1.54) is 11.3 Å². The third-order valence-electron chi connectivity index (χ3n) is 4.52. The second-order valence-corrected chi connectivity index (χ2v) is 7.38. The minimum absolute atomic E-state index is 0.239. The molecule has 0 unspecified atom stereocenters. The van der Waals surface area contributed by atoms with Gasteiger partial charge in [-0.25, -0.2) is 4.79 Å². The van der Waals surface area contributed by atoms with Gasteiger partial charge in [-0.3, -0.25) is 4.79 Å².